The lowest BCUT2D eigenvalue weighted by molar-refractivity contribution is -0.291. The van der Waals surface area contributed by atoms with Crippen LogP contribution >= 0.6 is 0 Å². The van der Waals surface area contributed by atoms with Crippen molar-refractivity contribution in [2.45, 2.75) is 50.4 Å². The summed E-state index contributed by atoms with van der Waals surface area (Å²) in [5, 5.41) is 0. The van der Waals surface area contributed by atoms with Crippen LogP contribution in [0.15, 0.2) is 0 Å². The number of hydrogen-bond donors (Lipinski definition) is 0. The minimum Gasteiger partial charge on any atom is -0.376 e. The van der Waals surface area contributed by atoms with Crippen LogP contribution in [0.2, 0.25) is 0 Å². The van der Waals surface area contributed by atoms with Gasteiger partial charge in [-0.15, -0.1) is 0 Å². The lowest BCUT2D eigenvalue weighted by atomic mass is 9.91. The molecule has 1 atom stereocenters. The van der Waals surface area contributed by atoms with Crippen LogP contribution in [-0.2, 0) is 14.2 Å². The highest BCUT2D eigenvalue weighted by Gasteiger charge is 2.44. The van der Waals surface area contributed by atoms with Gasteiger partial charge in [0.2, 0.25) is 0 Å². The summed E-state index contributed by atoms with van der Waals surface area (Å²) in [7, 11) is 1.76. The summed E-state index contributed by atoms with van der Waals surface area (Å²) in [4.78, 5) is 0. The minimum atomic E-state index is -0.413. The zero-order valence-electron chi connectivity index (χ0n) is 8.96. The molecule has 1 aliphatic carbocycles. The molecule has 0 N–H and O–H groups in total. The monoisotopic (exact) mass is 200 g/mol. The zero-order valence-corrected chi connectivity index (χ0v) is 8.96. The van der Waals surface area contributed by atoms with Crippen LogP contribution in [0.25, 0.3) is 0 Å². The first-order valence-corrected chi connectivity index (χ1v) is 5.68. The molecular formula is C11H20O3. The van der Waals surface area contributed by atoms with Gasteiger partial charge in [0.15, 0.2) is 5.79 Å². The van der Waals surface area contributed by atoms with Gasteiger partial charge in [0.1, 0.15) is 6.10 Å². The summed E-state index contributed by atoms with van der Waals surface area (Å²) in [6, 6.07) is 0. The maximum Gasteiger partial charge on any atom is 0.194 e. The van der Waals surface area contributed by atoms with Crippen molar-refractivity contribution < 1.29 is 14.2 Å². The van der Waals surface area contributed by atoms with Gasteiger partial charge in [-0.05, 0) is 25.7 Å². The van der Waals surface area contributed by atoms with Gasteiger partial charge >= 0.3 is 0 Å². The Hall–Kier alpha value is -0.120. The molecule has 2 rings (SSSR count). The van der Waals surface area contributed by atoms with Gasteiger partial charge in [0.05, 0.1) is 13.2 Å². The van der Waals surface area contributed by atoms with Crippen LogP contribution in [0.3, 0.4) is 0 Å². The predicted octanol–water partition coefficient (Wildman–Crippen LogP) is 2.10. The van der Waals surface area contributed by atoms with Crippen molar-refractivity contribution in [2.24, 2.45) is 0 Å². The molecule has 1 spiro atoms. The Labute approximate surface area is 85.7 Å². The first-order chi connectivity index (χ1) is 6.87. The molecule has 82 valence electrons. The molecule has 0 amide bonds. The van der Waals surface area contributed by atoms with Gasteiger partial charge in [-0.3, -0.25) is 0 Å². The van der Waals surface area contributed by atoms with Crippen molar-refractivity contribution in [1.29, 1.82) is 0 Å². The van der Waals surface area contributed by atoms with E-state index in [1.54, 1.807) is 7.11 Å². The lowest BCUT2D eigenvalue weighted by Crippen LogP contribution is -2.50. The highest BCUT2D eigenvalue weighted by atomic mass is 16.7. The summed E-state index contributed by atoms with van der Waals surface area (Å²) >= 11 is 0. The van der Waals surface area contributed by atoms with E-state index in [0.717, 1.165) is 38.9 Å². The normalized spacial score (nSPS) is 32.8. The van der Waals surface area contributed by atoms with E-state index >= 15 is 0 Å². The highest BCUT2D eigenvalue weighted by molar-refractivity contribution is 4.86. The Kier molecular flexibility index (Phi) is 3.42. The van der Waals surface area contributed by atoms with Crippen LogP contribution < -0.4 is 0 Å². The van der Waals surface area contributed by atoms with E-state index in [1.165, 1.54) is 12.8 Å². The maximum absolute atomic E-state index is 5.89. The highest BCUT2D eigenvalue weighted by Crippen LogP contribution is 2.36. The largest absolute Gasteiger partial charge is 0.376 e. The third-order valence-electron chi connectivity index (χ3n) is 3.25. The lowest BCUT2D eigenvalue weighted by Gasteiger charge is -2.41. The van der Waals surface area contributed by atoms with Gasteiger partial charge in [-0.1, -0.05) is 6.42 Å². The van der Waals surface area contributed by atoms with Crippen molar-refractivity contribution >= 4 is 0 Å². The van der Waals surface area contributed by atoms with Gasteiger partial charge in [-0.2, -0.15) is 0 Å². The smallest absolute Gasteiger partial charge is 0.194 e. The minimum absolute atomic E-state index is 0.134. The van der Waals surface area contributed by atoms with E-state index in [4.69, 9.17) is 14.2 Å². The molecule has 2 aliphatic rings. The van der Waals surface area contributed by atoms with Crippen LogP contribution in [0.4, 0.5) is 0 Å². The quantitative estimate of drug-likeness (QED) is 0.648. The fourth-order valence-corrected chi connectivity index (χ4v) is 2.45. The average molecular weight is 200 g/mol. The average Bonchev–Trinajstić information content (AvgIpc) is 2.45. The predicted molar refractivity (Wildman–Crippen MR) is 53.1 cm³/mol. The molecular weight excluding hydrogens is 180 g/mol. The number of methoxy groups -OCH3 is 1. The Bertz CT molecular complexity index is 173. The number of ether oxygens (including phenoxy) is 3. The summed E-state index contributed by atoms with van der Waals surface area (Å²) in [5.74, 6) is -0.413. The Morgan fingerprint density at radius 1 is 1.07 bits per heavy atom. The second-order valence-corrected chi connectivity index (χ2v) is 4.19. The summed E-state index contributed by atoms with van der Waals surface area (Å²) in [5.41, 5.74) is 0. The van der Waals surface area contributed by atoms with E-state index in [0.29, 0.717) is 0 Å². The molecule has 0 radical (unpaired) electrons. The fraction of sp³-hybridized carbons (Fsp3) is 1.00. The third kappa shape index (κ3) is 1.95. The number of rotatable bonds is 1. The standard InChI is InChI=1S/C11H20O3/c1-12-10-6-2-3-7-11(10)13-8-4-5-9-14-11/h10H,2-9H2,1H3. The van der Waals surface area contributed by atoms with Crippen LogP contribution in [0.1, 0.15) is 38.5 Å². The zero-order chi connectivity index (χ0) is 9.86. The van der Waals surface area contributed by atoms with E-state index in [2.05, 4.69) is 0 Å². The van der Waals surface area contributed by atoms with Crippen molar-refractivity contribution in [2.75, 3.05) is 20.3 Å². The van der Waals surface area contributed by atoms with Crippen molar-refractivity contribution in [3.63, 3.8) is 0 Å². The number of hydrogen-bond acceptors (Lipinski definition) is 3. The molecule has 14 heavy (non-hydrogen) atoms. The van der Waals surface area contributed by atoms with E-state index < -0.39 is 5.79 Å². The molecule has 1 unspecified atom stereocenters. The molecule has 0 aromatic carbocycles. The van der Waals surface area contributed by atoms with Crippen molar-refractivity contribution in [1.82, 2.24) is 0 Å². The molecule has 0 bridgehead atoms. The van der Waals surface area contributed by atoms with Crippen molar-refractivity contribution in [3.05, 3.63) is 0 Å². The van der Waals surface area contributed by atoms with Gasteiger partial charge in [-0.25, -0.2) is 0 Å². The molecule has 3 heteroatoms. The Balaban J connectivity index is 2.07. The second kappa shape index (κ2) is 4.60. The molecule has 0 aromatic heterocycles. The Morgan fingerprint density at radius 2 is 1.79 bits per heavy atom. The van der Waals surface area contributed by atoms with E-state index in [9.17, 15) is 0 Å². The molecule has 1 saturated carbocycles. The molecule has 0 aromatic rings. The first-order valence-electron chi connectivity index (χ1n) is 5.68. The SMILES string of the molecule is COC1CCCCC12OCCCCO2. The summed E-state index contributed by atoms with van der Waals surface area (Å²) in [6.07, 6.45) is 6.83. The van der Waals surface area contributed by atoms with Crippen LogP contribution in [-0.4, -0.2) is 32.2 Å². The molecule has 1 aliphatic heterocycles. The first kappa shape index (κ1) is 10.4. The van der Waals surface area contributed by atoms with E-state index in [-0.39, 0.29) is 6.10 Å². The summed E-state index contributed by atoms with van der Waals surface area (Å²) < 4.78 is 17.3. The molecule has 1 heterocycles. The maximum atomic E-state index is 5.89. The van der Waals surface area contributed by atoms with Crippen molar-refractivity contribution in [3.8, 4) is 0 Å². The second-order valence-electron chi connectivity index (χ2n) is 4.19. The molecule has 1 saturated heterocycles. The van der Waals surface area contributed by atoms with Crippen LogP contribution in [0.5, 0.6) is 0 Å². The Morgan fingerprint density at radius 3 is 2.43 bits per heavy atom. The third-order valence-corrected chi connectivity index (χ3v) is 3.25. The fourth-order valence-electron chi connectivity index (χ4n) is 2.45. The molecule has 2 fully saturated rings. The molecule has 3 nitrogen and oxygen atoms in total. The van der Waals surface area contributed by atoms with Gasteiger partial charge < -0.3 is 14.2 Å². The van der Waals surface area contributed by atoms with E-state index in [1.807, 2.05) is 0 Å². The van der Waals surface area contributed by atoms with Gasteiger partial charge in [0.25, 0.3) is 0 Å². The topological polar surface area (TPSA) is 27.7 Å². The van der Waals surface area contributed by atoms with Gasteiger partial charge in [0, 0.05) is 13.5 Å². The van der Waals surface area contributed by atoms with Crippen LogP contribution in [0, 0.1) is 0 Å². The summed E-state index contributed by atoms with van der Waals surface area (Å²) in [6.45, 7) is 1.64.